The first-order valence-corrected chi connectivity index (χ1v) is 14.3. The molecule has 1 amide bonds. The fourth-order valence-electron chi connectivity index (χ4n) is 4.31. The van der Waals surface area contributed by atoms with Crippen molar-refractivity contribution in [3.8, 4) is 5.75 Å². The monoisotopic (exact) mass is 574 g/mol. The van der Waals surface area contributed by atoms with E-state index in [9.17, 15) is 9.59 Å². The molecule has 0 radical (unpaired) electrons. The first kappa shape index (κ1) is 32.7. The van der Waals surface area contributed by atoms with Gasteiger partial charge in [0.2, 0.25) is 5.91 Å². The Morgan fingerprint density at radius 2 is 1.68 bits per heavy atom. The SMILES string of the molecule is CC(C)C.CCC1CCC(C(=O)Nc2ccc(C)c(OC)c2)CC1.CCc1c(Br)cc(N)cc1C(C)=O. The van der Waals surface area contributed by atoms with Crippen molar-refractivity contribution in [3.05, 3.63) is 51.5 Å². The molecule has 0 saturated heterocycles. The van der Waals surface area contributed by atoms with Gasteiger partial charge in [-0.2, -0.15) is 0 Å². The van der Waals surface area contributed by atoms with E-state index in [2.05, 4.69) is 48.9 Å². The van der Waals surface area contributed by atoms with Crippen molar-refractivity contribution in [3.63, 3.8) is 0 Å². The minimum absolute atomic E-state index is 0.0600. The number of nitrogens with two attached hydrogens (primary N) is 1. The average Bonchev–Trinajstić information content (AvgIpc) is 2.84. The Labute approximate surface area is 233 Å². The molecular formula is C31H47BrN2O3. The number of nitrogen functional groups attached to an aromatic ring is 1. The lowest BCUT2D eigenvalue weighted by Crippen LogP contribution is -2.27. The van der Waals surface area contributed by atoms with Gasteiger partial charge in [0.25, 0.3) is 0 Å². The summed E-state index contributed by atoms with van der Waals surface area (Å²) in [6.07, 6.45) is 6.48. The first-order chi connectivity index (χ1) is 17.4. The van der Waals surface area contributed by atoms with E-state index in [4.69, 9.17) is 10.5 Å². The molecule has 0 aromatic heterocycles. The van der Waals surface area contributed by atoms with Crippen LogP contribution in [0.1, 0.15) is 95.1 Å². The van der Waals surface area contributed by atoms with Gasteiger partial charge in [-0.1, -0.05) is 63.0 Å². The number of anilines is 2. The van der Waals surface area contributed by atoms with Gasteiger partial charge >= 0.3 is 0 Å². The summed E-state index contributed by atoms with van der Waals surface area (Å²) in [6.45, 7) is 14.3. The van der Waals surface area contributed by atoms with Crippen LogP contribution in [0.5, 0.6) is 5.75 Å². The molecule has 0 unspecified atom stereocenters. The molecule has 2 aromatic carbocycles. The predicted molar refractivity (Wildman–Crippen MR) is 161 cm³/mol. The second-order valence-electron chi connectivity index (χ2n) is 10.5. The van der Waals surface area contributed by atoms with Crippen molar-refractivity contribution in [2.45, 2.75) is 87.0 Å². The zero-order valence-electron chi connectivity index (χ0n) is 24.0. The van der Waals surface area contributed by atoms with E-state index >= 15 is 0 Å². The first-order valence-electron chi connectivity index (χ1n) is 13.5. The number of benzene rings is 2. The maximum Gasteiger partial charge on any atom is 0.227 e. The van der Waals surface area contributed by atoms with Gasteiger partial charge in [-0.15, -0.1) is 0 Å². The maximum absolute atomic E-state index is 12.3. The highest BCUT2D eigenvalue weighted by molar-refractivity contribution is 9.10. The van der Waals surface area contributed by atoms with Crippen LogP contribution in [-0.2, 0) is 11.2 Å². The molecule has 1 saturated carbocycles. The summed E-state index contributed by atoms with van der Waals surface area (Å²) in [4.78, 5) is 23.5. The lowest BCUT2D eigenvalue weighted by Gasteiger charge is -2.27. The largest absolute Gasteiger partial charge is 0.496 e. The number of aryl methyl sites for hydroxylation is 1. The molecule has 6 heteroatoms. The van der Waals surface area contributed by atoms with Crippen LogP contribution in [0.4, 0.5) is 11.4 Å². The molecule has 1 aliphatic rings. The number of carbonyl (C=O) groups excluding carboxylic acids is 2. The molecule has 0 spiro atoms. The van der Waals surface area contributed by atoms with Crippen molar-refractivity contribution in [1.29, 1.82) is 0 Å². The number of hydrogen-bond donors (Lipinski definition) is 2. The summed E-state index contributed by atoms with van der Waals surface area (Å²) in [7, 11) is 1.65. The van der Waals surface area contributed by atoms with Gasteiger partial charge in [0, 0.05) is 33.4 Å². The second-order valence-corrected chi connectivity index (χ2v) is 11.3. The number of rotatable bonds is 6. The Hall–Kier alpha value is -2.34. The number of carbonyl (C=O) groups is 2. The highest BCUT2D eigenvalue weighted by atomic mass is 79.9. The van der Waals surface area contributed by atoms with Crippen LogP contribution in [0.15, 0.2) is 34.8 Å². The van der Waals surface area contributed by atoms with Crippen molar-refractivity contribution >= 4 is 39.0 Å². The molecule has 3 N–H and O–H groups in total. The van der Waals surface area contributed by atoms with E-state index in [0.29, 0.717) is 5.69 Å². The van der Waals surface area contributed by atoms with Crippen LogP contribution < -0.4 is 15.8 Å². The van der Waals surface area contributed by atoms with Crippen LogP contribution in [0, 0.1) is 24.7 Å². The standard InChI is InChI=1S/C17H25NO2.C10H12BrNO.C4H10/c1-4-13-6-8-14(9-7-13)17(19)18-15-10-5-12(2)16(11-15)20-3;1-3-8-9(6(2)13)4-7(12)5-10(8)11;1-4(2)3/h5,10-11,13-14H,4,6-9H2,1-3H3,(H,18,19);4-5H,3,12H2,1-2H3;4H,1-3H3. The summed E-state index contributed by atoms with van der Waals surface area (Å²) >= 11 is 3.39. The Balaban J connectivity index is 0.000000346. The molecule has 1 fully saturated rings. The van der Waals surface area contributed by atoms with Gasteiger partial charge in [-0.3, -0.25) is 9.59 Å². The molecule has 1 aliphatic carbocycles. The van der Waals surface area contributed by atoms with Crippen LogP contribution in [0.25, 0.3) is 0 Å². The number of amides is 1. The molecular weight excluding hydrogens is 528 g/mol. The Morgan fingerprint density at radius 3 is 2.16 bits per heavy atom. The Bertz CT molecular complexity index is 1010. The summed E-state index contributed by atoms with van der Waals surface area (Å²) in [5.74, 6) is 2.86. The number of ketones is 1. The van der Waals surface area contributed by atoms with Crippen molar-refractivity contribution in [2.75, 3.05) is 18.2 Å². The summed E-state index contributed by atoms with van der Waals surface area (Å²) in [6, 6.07) is 9.36. The molecule has 2 aromatic rings. The van der Waals surface area contributed by atoms with E-state index in [-0.39, 0.29) is 17.6 Å². The summed E-state index contributed by atoms with van der Waals surface area (Å²) < 4.78 is 6.21. The Kier molecular flexibility index (Phi) is 14.6. The second kappa shape index (κ2) is 16.5. The highest BCUT2D eigenvalue weighted by Gasteiger charge is 2.25. The van der Waals surface area contributed by atoms with Crippen LogP contribution in [0.3, 0.4) is 0 Å². The Morgan fingerprint density at radius 1 is 1.08 bits per heavy atom. The fraction of sp³-hybridized carbons (Fsp3) is 0.548. The smallest absolute Gasteiger partial charge is 0.227 e. The fourth-order valence-corrected chi connectivity index (χ4v) is 5.06. The number of Topliss-reactive ketones (excluding diaryl/α,β-unsaturated/α-hetero) is 1. The van der Waals surface area contributed by atoms with Crippen LogP contribution >= 0.6 is 15.9 Å². The van der Waals surface area contributed by atoms with Gasteiger partial charge in [0.15, 0.2) is 5.78 Å². The average molecular weight is 576 g/mol. The van der Waals surface area contributed by atoms with Crippen molar-refractivity contribution < 1.29 is 14.3 Å². The highest BCUT2D eigenvalue weighted by Crippen LogP contribution is 2.32. The number of hydrogen-bond acceptors (Lipinski definition) is 4. The van der Waals surface area contributed by atoms with Crippen molar-refractivity contribution in [1.82, 2.24) is 0 Å². The zero-order valence-corrected chi connectivity index (χ0v) is 25.6. The minimum Gasteiger partial charge on any atom is -0.496 e. The molecule has 0 aliphatic heterocycles. The van der Waals surface area contributed by atoms with Crippen LogP contribution in [-0.4, -0.2) is 18.8 Å². The molecule has 0 atom stereocenters. The normalized spacial score (nSPS) is 16.6. The van der Waals surface area contributed by atoms with Gasteiger partial charge in [-0.05, 0) is 87.1 Å². The van der Waals surface area contributed by atoms with E-state index in [1.807, 2.05) is 38.1 Å². The lowest BCUT2D eigenvalue weighted by atomic mass is 9.80. The molecule has 206 valence electrons. The van der Waals surface area contributed by atoms with Gasteiger partial charge in [-0.25, -0.2) is 0 Å². The van der Waals surface area contributed by atoms with E-state index in [0.717, 1.165) is 63.7 Å². The molecule has 0 bridgehead atoms. The third-order valence-corrected chi connectivity index (χ3v) is 7.13. The predicted octanol–water partition coefficient (Wildman–Crippen LogP) is 8.62. The van der Waals surface area contributed by atoms with Gasteiger partial charge in [0.05, 0.1) is 7.11 Å². The zero-order chi connectivity index (χ0) is 28.1. The topological polar surface area (TPSA) is 81.4 Å². The lowest BCUT2D eigenvalue weighted by molar-refractivity contribution is -0.121. The summed E-state index contributed by atoms with van der Waals surface area (Å²) in [5.41, 5.74) is 9.91. The quantitative estimate of drug-likeness (QED) is 0.267. The molecule has 0 heterocycles. The van der Waals surface area contributed by atoms with Gasteiger partial charge < -0.3 is 15.8 Å². The number of nitrogens with one attached hydrogen (secondary N) is 1. The third kappa shape index (κ3) is 11.3. The molecule has 3 rings (SSSR count). The number of halogens is 1. The number of methoxy groups -OCH3 is 1. The van der Waals surface area contributed by atoms with E-state index < -0.39 is 0 Å². The molecule has 37 heavy (non-hydrogen) atoms. The van der Waals surface area contributed by atoms with E-state index in [1.54, 1.807) is 20.1 Å². The van der Waals surface area contributed by atoms with Crippen LogP contribution in [0.2, 0.25) is 0 Å². The minimum atomic E-state index is 0.0600. The van der Waals surface area contributed by atoms with Crippen molar-refractivity contribution in [2.24, 2.45) is 17.8 Å². The maximum atomic E-state index is 12.3. The molecule has 5 nitrogen and oxygen atoms in total. The number of ether oxygens (including phenoxy) is 1. The van der Waals surface area contributed by atoms with E-state index in [1.165, 1.54) is 19.3 Å². The van der Waals surface area contributed by atoms with Gasteiger partial charge in [0.1, 0.15) is 5.75 Å². The third-order valence-electron chi connectivity index (χ3n) is 6.42. The summed E-state index contributed by atoms with van der Waals surface area (Å²) in [5, 5.41) is 3.03.